The van der Waals surface area contributed by atoms with Crippen molar-refractivity contribution < 1.29 is 14.3 Å². The second-order valence-electron chi connectivity index (χ2n) is 6.07. The van der Waals surface area contributed by atoms with Crippen LogP contribution >= 0.6 is 0 Å². The van der Waals surface area contributed by atoms with Crippen LogP contribution in [-0.2, 0) is 9.53 Å². The van der Waals surface area contributed by atoms with Crippen LogP contribution in [0.1, 0.15) is 31.4 Å². The number of benzene rings is 2. The van der Waals surface area contributed by atoms with E-state index in [1.165, 1.54) is 0 Å². The third kappa shape index (κ3) is 4.15. The smallest absolute Gasteiger partial charge is 0.223 e. The molecule has 1 aliphatic rings. The number of rotatable bonds is 5. The van der Waals surface area contributed by atoms with Gasteiger partial charge in [-0.05, 0) is 38.0 Å². The fraction of sp³-hybridized carbons (Fsp3) is 0.350. The fourth-order valence-corrected chi connectivity index (χ4v) is 2.92. The molecule has 0 aromatic heterocycles. The Morgan fingerprint density at radius 1 is 1.08 bits per heavy atom. The highest BCUT2D eigenvalue weighted by Gasteiger charge is 2.23. The summed E-state index contributed by atoms with van der Waals surface area (Å²) in [7, 11) is 0. The normalized spacial score (nSPS) is 16.4. The Bertz CT molecular complexity index is 666. The number of nitrogens with one attached hydrogen (secondary N) is 1. The first-order chi connectivity index (χ1) is 11.7. The molecule has 2 aromatic rings. The van der Waals surface area contributed by atoms with Crippen LogP contribution in [0.4, 0.5) is 0 Å². The van der Waals surface area contributed by atoms with Gasteiger partial charge in [0, 0.05) is 24.7 Å². The van der Waals surface area contributed by atoms with Crippen molar-refractivity contribution in [2.24, 2.45) is 5.92 Å². The van der Waals surface area contributed by atoms with E-state index in [0.717, 1.165) is 29.9 Å². The van der Waals surface area contributed by atoms with Crippen molar-refractivity contribution in [2.75, 3.05) is 13.2 Å². The largest absolute Gasteiger partial charge is 0.457 e. The number of ether oxygens (including phenoxy) is 2. The molecular formula is C20H23NO3. The van der Waals surface area contributed by atoms with E-state index in [-0.39, 0.29) is 17.9 Å². The van der Waals surface area contributed by atoms with Gasteiger partial charge in [0.2, 0.25) is 5.91 Å². The van der Waals surface area contributed by atoms with Gasteiger partial charge in [0.1, 0.15) is 11.5 Å². The molecule has 1 aliphatic heterocycles. The van der Waals surface area contributed by atoms with E-state index in [0.29, 0.717) is 13.2 Å². The zero-order valence-corrected chi connectivity index (χ0v) is 13.9. The van der Waals surface area contributed by atoms with Crippen LogP contribution in [0.25, 0.3) is 0 Å². The quantitative estimate of drug-likeness (QED) is 0.901. The highest BCUT2D eigenvalue weighted by molar-refractivity contribution is 5.79. The van der Waals surface area contributed by atoms with E-state index in [2.05, 4.69) is 5.32 Å². The SMILES string of the molecule is CC(NC(=O)C1CCOCC1)c1ccccc1Oc1ccccc1. The van der Waals surface area contributed by atoms with Gasteiger partial charge in [-0.2, -0.15) is 0 Å². The maximum Gasteiger partial charge on any atom is 0.223 e. The summed E-state index contributed by atoms with van der Waals surface area (Å²) in [5, 5.41) is 3.12. The van der Waals surface area contributed by atoms with Gasteiger partial charge in [-0.25, -0.2) is 0 Å². The average Bonchev–Trinajstić information content (AvgIpc) is 2.63. The predicted molar refractivity (Wildman–Crippen MR) is 93.1 cm³/mol. The molecule has 1 fully saturated rings. The summed E-state index contributed by atoms with van der Waals surface area (Å²) in [5.41, 5.74) is 0.974. The van der Waals surface area contributed by atoms with Gasteiger partial charge in [-0.3, -0.25) is 4.79 Å². The zero-order valence-electron chi connectivity index (χ0n) is 13.9. The lowest BCUT2D eigenvalue weighted by atomic mass is 9.98. The number of amides is 1. The van der Waals surface area contributed by atoms with Gasteiger partial charge in [0.05, 0.1) is 6.04 Å². The van der Waals surface area contributed by atoms with Crippen molar-refractivity contribution in [3.63, 3.8) is 0 Å². The van der Waals surface area contributed by atoms with Crippen LogP contribution in [0.2, 0.25) is 0 Å². The van der Waals surface area contributed by atoms with E-state index in [1.54, 1.807) is 0 Å². The lowest BCUT2D eigenvalue weighted by molar-refractivity contribution is -0.128. The molecule has 4 nitrogen and oxygen atoms in total. The summed E-state index contributed by atoms with van der Waals surface area (Å²) in [6.07, 6.45) is 1.58. The molecule has 1 heterocycles. The van der Waals surface area contributed by atoms with Gasteiger partial charge in [0.15, 0.2) is 0 Å². The molecule has 4 heteroatoms. The van der Waals surface area contributed by atoms with Crippen LogP contribution in [0.15, 0.2) is 54.6 Å². The standard InChI is InChI=1S/C20H23NO3/c1-15(21-20(22)16-11-13-23-14-12-16)18-9-5-6-10-19(18)24-17-7-3-2-4-8-17/h2-10,15-16H,11-14H2,1H3,(H,21,22). The molecule has 0 aliphatic carbocycles. The molecule has 1 N–H and O–H groups in total. The molecule has 0 radical (unpaired) electrons. The number of carbonyl (C=O) groups excluding carboxylic acids is 1. The molecule has 3 rings (SSSR count). The summed E-state index contributed by atoms with van der Waals surface area (Å²) in [4.78, 5) is 12.4. The Balaban J connectivity index is 1.70. The van der Waals surface area contributed by atoms with Crippen molar-refractivity contribution in [3.8, 4) is 11.5 Å². The highest BCUT2D eigenvalue weighted by atomic mass is 16.5. The van der Waals surface area contributed by atoms with Crippen LogP contribution < -0.4 is 10.1 Å². The van der Waals surface area contributed by atoms with Gasteiger partial charge in [0.25, 0.3) is 0 Å². The van der Waals surface area contributed by atoms with Crippen molar-refractivity contribution >= 4 is 5.91 Å². The second-order valence-corrected chi connectivity index (χ2v) is 6.07. The minimum atomic E-state index is -0.111. The van der Waals surface area contributed by atoms with E-state index in [9.17, 15) is 4.79 Å². The molecule has 0 bridgehead atoms. The molecule has 24 heavy (non-hydrogen) atoms. The molecule has 1 unspecified atom stereocenters. The minimum Gasteiger partial charge on any atom is -0.457 e. The van der Waals surface area contributed by atoms with E-state index in [1.807, 2.05) is 61.5 Å². The first-order valence-electron chi connectivity index (χ1n) is 8.44. The zero-order chi connectivity index (χ0) is 16.8. The highest BCUT2D eigenvalue weighted by Crippen LogP contribution is 2.29. The second kappa shape index (κ2) is 7.97. The maximum absolute atomic E-state index is 12.4. The summed E-state index contributed by atoms with van der Waals surface area (Å²) in [6, 6.07) is 17.4. The van der Waals surface area contributed by atoms with Crippen LogP contribution in [0.3, 0.4) is 0 Å². The van der Waals surface area contributed by atoms with Gasteiger partial charge < -0.3 is 14.8 Å². The number of hydrogen-bond donors (Lipinski definition) is 1. The molecule has 126 valence electrons. The summed E-state index contributed by atoms with van der Waals surface area (Å²) < 4.78 is 11.3. The van der Waals surface area contributed by atoms with Crippen molar-refractivity contribution in [1.82, 2.24) is 5.32 Å². The van der Waals surface area contributed by atoms with E-state index in [4.69, 9.17) is 9.47 Å². The number of hydrogen-bond acceptors (Lipinski definition) is 3. The predicted octanol–water partition coefficient (Wildman–Crippen LogP) is 4.08. The molecular weight excluding hydrogens is 302 g/mol. The fourth-order valence-electron chi connectivity index (χ4n) is 2.92. The van der Waals surface area contributed by atoms with E-state index < -0.39 is 0 Å². The first kappa shape index (κ1) is 16.5. The number of para-hydroxylation sites is 2. The number of carbonyl (C=O) groups is 1. The first-order valence-corrected chi connectivity index (χ1v) is 8.44. The lowest BCUT2D eigenvalue weighted by Gasteiger charge is -2.24. The lowest BCUT2D eigenvalue weighted by Crippen LogP contribution is -2.35. The maximum atomic E-state index is 12.4. The molecule has 0 spiro atoms. The van der Waals surface area contributed by atoms with Gasteiger partial charge in [-0.1, -0.05) is 36.4 Å². The van der Waals surface area contributed by atoms with Crippen LogP contribution in [0.5, 0.6) is 11.5 Å². The Kier molecular flexibility index (Phi) is 5.49. The summed E-state index contributed by atoms with van der Waals surface area (Å²) in [6.45, 7) is 3.32. The molecule has 1 amide bonds. The van der Waals surface area contributed by atoms with Crippen molar-refractivity contribution in [1.29, 1.82) is 0 Å². The molecule has 2 aromatic carbocycles. The minimum absolute atomic E-state index is 0.0448. The monoisotopic (exact) mass is 325 g/mol. The van der Waals surface area contributed by atoms with Crippen molar-refractivity contribution in [2.45, 2.75) is 25.8 Å². The molecule has 1 saturated heterocycles. The third-order valence-electron chi connectivity index (χ3n) is 4.31. The van der Waals surface area contributed by atoms with Crippen LogP contribution in [-0.4, -0.2) is 19.1 Å². The van der Waals surface area contributed by atoms with Gasteiger partial charge >= 0.3 is 0 Å². The average molecular weight is 325 g/mol. The molecule has 0 saturated carbocycles. The van der Waals surface area contributed by atoms with Gasteiger partial charge in [-0.15, -0.1) is 0 Å². The topological polar surface area (TPSA) is 47.6 Å². The Morgan fingerprint density at radius 3 is 2.50 bits per heavy atom. The summed E-state index contributed by atoms with van der Waals surface area (Å²) in [5.74, 6) is 1.69. The van der Waals surface area contributed by atoms with Crippen LogP contribution in [0, 0.1) is 5.92 Å². The molecule has 1 atom stereocenters. The van der Waals surface area contributed by atoms with E-state index >= 15 is 0 Å². The Hall–Kier alpha value is -2.33. The third-order valence-corrected chi connectivity index (χ3v) is 4.31. The Morgan fingerprint density at radius 2 is 1.75 bits per heavy atom. The van der Waals surface area contributed by atoms with Crippen molar-refractivity contribution in [3.05, 3.63) is 60.2 Å². The summed E-state index contributed by atoms with van der Waals surface area (Å²) >= 11 is 0. The Labute approximate surface area is 142 Å².